The summed E-state index contributed by atoms with van der Waals surface area (Å²) in [6.45, 7) is 3.30. The highest BCUT2D eigenvalue weighted by molar-refractivity contribution is 6.31. The average Bonchev–Trinajstić information content (AvgIpc) is 2.54. The summed E-state index contributed by atoms with van der Waals surface area (Å²) in [5, 5.41) is 0.884. The van der Waals surface area contributed by atoms with Crippen LogP contribution in [0.15, 0.2) is 48.5 Å². The SMILES string of the molecule is CC(OC(=O)c1cccc(Cl)c1)C(C)OC(=O)c1cccc(Cl)c1. The maximum absolute atomic E-state index is 12.1. The number of hydrogen-bond acceptors (Lipinski definition) is 4. The smallest absolute Gasteiger partial charge is 0.338 e. The first-order valence-electron chi connectivity index (χ1n) is 7.30. The van der Waals surface area contributed by atoms with Gasteiger partial charge in [0, 0.05) is 10.0 Å². The fraction of sp³-hybridized carbons (Fsp3) is 0.222. The molecule has 2 aromatic carbocycles. The topological polar surface area (TPSA) is 52.6 Å². The Morgan fingerprint density at radius 1 is 0.792 bits per heavy atom. The highest BCUT2D eigenvalue weighted by atomic mass is 35.5. The molecule has 126 valence electrons. The Hall–Kier alpha value is -2.04. The lowest BCUT2D eigenvalue weighted by atomic mass is 10.2. The fourth-order valence-electron chi connectivity index (χ4n) is 1.90. The molecule has 0 aromatic heterocycles. The Balaban J connectivity index is 1.95. The van der Waals surface area contributed by atoms with Gasteiger partial charge in [-0.2, -0.15) is 0 Å². The molecule has 2 rings (SSSR count). The Kier molecular flexibility index (Phi) is 6.23. The first-order valence-corrected chi connectivity index (χ1v) is 8.05. The van der Waals surface area contributed by atoms with Crippen LogP contribution in [0.1, 0.15) is 34.6 Å². The summed E-state index contributed by atoms with van der Waals surface area (Å²) in [7, 11) is 0. The zero-order valence-electron chi connectivity index (χ0n) is 13.2. The number of ether oxygens (including phenoxy) is 2. The minimum Gasteiger partial charge on any atom is -0.455 e. The van der Waals surface area contributed by atoms with E-state index >= 15 is 0 Å². The molecule has 0 N–H and O–H groups in total. The molecule has 0 saturated heterocycles. The Labute approximate surface area is 150 Å². The molecule has 2 atom stereocenters. The molecule has 0 fully saturated rings. The van der Waals surface area contributed by atoms with Gasteiger partial charge in [0.1, 0.15) is 12.2 Å². The summed E-state index contributed by atoms with van der Waals surface area (Å²) in [4.78, 5) is 24.1. The number of esters is 2. The van der Waals surface area contributed by atoms with Crippen molar-refractivity contribution in [2.24, 2.45) is 0 Å². The van der Waals surface area contributed by atoms with Crippen LogP contribution in [0.3, 0.4) is 0 Å². The second-order valence-corrected chi connectivity index (χ2v) is 6.11. The maximum atomic E-state index is 12.1. The highest BCUT2D eigenvalue weighted by Crippen LogP contribution is 2.16. The predicted molar refractivity (Wildman–Crippen MR) is 92.7 cm³/mol. The molecule has 0 aliphatic heterocycles. The van der Waals surface area contributed by atoms with Crippen molar-refractivity contribution >= 4 is 35.1 Å². The summed E-state index contributed by atoms with van der Waals surface area (Å²) in [5.74, 6) is -1.06. The second-order valence-electron chi connectivity index (χ2n) is 5.24. The van der Waals surface area contributed by atoms with Crippen LogP contribution in [-0.2, 0) is 9.47 Å². The van der Waals surface area contributed by atoms with Crippen molar-refractivity contribution in [3.05, 3.63) is 69.7 Å². The number of hydrogen-bond donors (Lipinski definition) is 0. The minimum atomic E-state index is -0.625. The van der Waals surface area contributed by atoms with Crippen molar-refractivity contribution < 1.29 is 19.1 Å². The van der Waals surface area contributed by atoms with Gasteiger partial charge in [-0.1, -0.05) is 35.3 Å². The van der Waals surface area contributed by atoms with Crippen molar-refractivity contribution in [1.82, 2.24) is 0 Å². The monoisotopic (exact) mass is 366 g/mol. The molecular weight excluding hydrogens is 351 g/mol. The Bertz CT molecular complexity index is 682. The van der Waals surface area contributed by atoms with Crippen LogP contribution in [0, 0.1) is 0 Å². The normalized spacial score (nSPS) is 13.0. The lowest BCUT2D eigenvalue weighted by Gasteiger charge is -2.21. The summed E-state index contributed by atoms with van der Waals surface area (Å²) in [6, 6.07) is 12.9. The van der Waals surface area contributed by atoms with Gasteiger partial charge in [0.25, 0.3) is 0 Å². The largest absolute Gasteiger partial charge is 0.455 e. The van der Waals surface area contributed by atoms with Crippen molar-refractivity contribution in [2.45, 2.75) is 26.1 Å². The number of benzene rings is 2. The third-order valence-corrected chi connectivity index (χ3v) is 3.84. The molecule has 0 spiro atoms. The van der Waals surface area contributed by atoms with Crippen LogP contribution in [0.2, 0.25) is 10.0 Å². The number of carbonyl (C=O) groups is 2. The molecule has 0 bridgehead atoms. The second kappa shape index (κ2) is 8.18. The van der Waals surface area contributed by atoms with Crippen LogP contribution >= 0.6 is 23.2 Å². The van der Waals surface area contributed by atoms with E-state index in [1.807, 2.05) is 0 Å². The summed E-state index contributed by atoms with van der Waals surface area (Å²) in [5.41, 5.74) is 0.672. The van der Waals surface area contributed by atoms with Gasteiger partial charge in [-0.15, -0.1) is 0 Å². The highest BCUT2D eigenvalue weighted by Gasteiger charge is 2.22. The van der Waals surface area contributed by atoms with Crippen molar-refractivity contribution in [2.75, 3.05) is 0 Å². The maximum Gasteiger partial charge on any atom is 0.338 e. The zero-order valence-corrected chi connectivity index (χ0v) is 14.7. The molecular formula is C18H16Cl2O4. The van der Waals surface area contributed by atoms with Gasteiger partial charge in [0.15, 0.2) is 0 Å². The molecule has 0 aliphatic carbocycles. The van der Waals surface area contributed by atoms with Crippen LogP contribution in [-0.4, -0.2) is 24.1 Å². The van der Waals surface area contributed by atoms with Gasteiger partial charge in [0.2, 0.25) is 0 Å². The van der Waals surface area contributed by atoms with Crippen molar-refractivity contribution in [1.29, 1.82) is 0 Å². The minimum absolute atomic E-state index is 0.336. The first-order chi connectivity index (χ1) is 11.4. The molecule has 2 unspecified atom stereocenters. The van der Waals surface area contributed by atoms with Gasteiger partial charge in [-0.3, -0.25) is 0 Å². The van der Waals surface area contributed by atoms with Gasteiger partial charge in [0.05, 0.1) is 11.1 Å². The molecule has 2 aromatic rings. The van der Waals surface area contributed by atoms with E-state index in [0.717, 1.165) is 0 Å². The van der Waals surface area contributed by atoms with Gasteiger partial charge in [-0.25, -0.2) is 9.59 Å². The van der Waals surface area contributed by atoms with Crippen molar-refractivity contribution in [3.8, 4) is 0 Å². The number of rotatable bonds is 5. The molecule has 4 nitrogen and oxygen atoms in total. The fourth-order valence-corrected chi connectivity index (χ4v) is 2.28. The van der Waals surface area contributed by atoms with E-state index in [1.54, 1.807) is 50.2 Å². The van der Waals surface area contributed by atoms with Gasteiger partial charge >= 0.3 is 11.9 Å². The first kappa shape index (κ1) is 18.3. The summed E-state index contributed by atoms with van der Waals surface area (Å²) in [6.07, 6.45) is -1.25. The van der Waals surface area contributed by atoms with Crippen LogP contribution < -0.4 is 0 Å². The predicted octanol–water partition coefficient (Wildman–Crippen LogP) is 4.78. The van der Waals surface area contributed by atoms with E-state index in [9.17, 15) is 9.59 Å². The molecule has 6 heteroatoms. The van der Waals surface area contributed by atoms with E-state index in [2.05, 4.69) is 0 Å². The van der Waals surface area contributed by atoms with Crippen LogP contribution in [0.25, 0.3) is 0 Å². The standard InChI is InChI=1S/C18H16Cl2O4/c1-11(23-17(21)13-5-3-7-15(19)9-13)12(2)24-18(22)14-6-4-8-16(20)10-14/h3-12H,1-2H3. The molecule has 0 heterocycles. The lowest BCUT2D eigenvalue weighted by molar-refractivity contribution is -0.0239. The summed E-state index contributed by atoms with van der Waals surface area (Å²) >= 11 is 11.7. The Morgan fingerprint density at radius 2 is 1.17 bits per heavy atom. The molecule has 0 amide bonds. The quantitative estimate of drug-likeness (QED) is 0.714. The average molecular weight is 367 g/mol. The molecule has 0 saturated carbocycles. The van der Waals surface area contributed by atoms with Gasteiger partial charge < -0.3 is 9.47 Å². The van der Waals surface area contributed by atoms with Crippen LogP contribution in [0.5, 0.6) is 0 Å². The van der Waals surface area contributed by atoms with E-state index in [4.69, 9.17) is 32.7 Å². The molecule has 0 radical (unpaired) electrons. The van der Waals surface area contributed by atoms with Gasteiger partial charge in [-0.05, 0) is 50.2 Å². The third kappa shape index (κ3) is 4.98. The summed E-state index contributed by atoms with van der Waals surface area (Å²) < 4.78 is 10.6. The van der Waals surface area contributed by atoms with E-state index in [-0.39, 0.29) is 0 Å². The number of halogens is 2. The van der Waals surface area contributed by atoms with E-state index in [0.29, 0.717) is 21.2 Å². The zero-order chi connectivity index (χ0) is 17.7. The Morgan fingerprint density at radius 3 is 1.50 bits per heavy atom. The van der Waals surface area contributed by atoms with E-state index < -0.39 is 24.1 Å². The lowest BCUT2D eigenvalue weighted by Crippen LogP contribution is -2.30. The third-order valence-electron chi connectivity index (χ3n) is 3.37. The van der Waals surface area contributed by atoms with E-state index in [1.165, 1.54) is 12.1 Å². The molecule has 24 heavy (non-hydrogen) atoms. The molecule has 0 aliphatic rings. The number of carbonyl (C=O) groups excluding carboxylic acids is 2. The van der Waals surface area contributed by atoms with Crippen LogP contribution in [0.4, 0.5) is 0 Å². The van der Waals surface area contributed by atoms with Crippen molar-refractivity contribution in [3.63, 3.8) is 0 Å².